The second kappa shape index (κ2) is 14.2. The maximum Gasteiger partial charge on any atom is 0.339 e. The molecule has 0 fully saturated rings. The van der Waals surface area contributed by atoms with E-state index < -0.39 is 26.0 Å². The summed E-state index contributed by atoms with van der Waals surface area (Å²) in [6, 6.07) is 21.4. The van der Waals surface area contributed by atoms with Gasteiger partial charge in [-0.3, -0.25) is 9.52 Å². The molecule has 0 saturated heterocycles. The zero-order valence-corrected chi connectivity index (χ0v) is 26.6. The molecule has 4 aromatic rings. The van der Waals surface area contributed by atoms with Crippen LogP contribution in [-0.4, -0.2) is 43.6 Å². The Bertz CT molecular complexity index is 1910. The lowest BCUT2D eigenvalue weighted by molar-refractivity contribution is -0.111. The molecule has 2 N–H and O–H groups in total. The van der Waals surface area contributed by atoms with E-state index in [0.29, 0.717) is 23.6 Å². The van der Waals surface area contributed by atoms with E-state index in [4.69, 9.17) is 18.4 Å². The number of methoxy groups -OCH3 is 2. The van der Waals surface area contributed by atoms with Crippen LogP contribution < -0.4 is 28.4 Å². The zero-order chi connectivity index (χ0) is 32.6. The molecule has 11 nitrogen and oxygen atoms in total. The molecule has 0 aliphatic carbocycles. The summed E-state index contributed by atoms with van der Waals surface area (Å²) in [7, 11) is -5.49. The first-order chi connectivity index (χ1) is 21.4. The molecular weight excluding hydrogens is 620 g/mol. The lowest BCUT2D eigenvalue weighted by Crippen LogP contribution is -2.15. The summed E-state index contributed by atoms with van der Waals surface area (Å²) in [5.74, 6) is 0.248. The van der Waals surface area contributed by atoms with Crippen molar-refractivity contribution in [2.45, 2.75) is 23.6 Å². The molecule has 0 radical (unpaired) electrons. The Kier molecular flexibility index (Phi) is 10.4. The van der Waals surface area contributed by atoms with E-state index in [0.717, 1.165) is 5.56 Å². The average molecular weight is 653 g/mol. The van der Waals surface area contributed by atoms with Gasteiger partial charge in [-0.05, 0) is 92.2 Å². The van der Waals surface area contributed by atoms with Gasteiger partial charge in [0.1, 0.15) is 21.3 Å². The van der Waals surface area contributed by atoms with E-state index in [2.05, 4.69) is 10.0 Å². The number of carbonyl (C=O) groups is 1. The van der Waals surface area contributed by atoms with Gasteiger partial charge < -0.3 is 23.7 Å². The third kappa shape index (κ3) is 8.55. The summed E-state index contributed by atoms with van der Waals surface area (Å²) in [6.07, 6.45) is 2.71. The highest BCUT2D eigenvalue weighted by Gasteiger charge is 2.22. The number of amides is 1. The van der Waals surface area contributed by atoms with Crippen molar-refractivity contribution in [1.82, 2.24) is 0 Å². The van der Waals surface area contributed by atoms with Crippen molar-refractivity contribution >= 4 is 43.5 Å². The number of aryl methyl sites for hydroxylation is 1. The van der Waals surface area contributed by atoms with Crippen LogP contribution in [-0.2, 0) is 24.9 Å². The van der Waals surface area contributed by atoms with E-state index in [1.807, 2.05) is 13.8 Å². The molecule has 4 rings (SSSR count). The van der Waals surface area contributed by atoms with Crippen LogP contribution >= 0.6 is 0 Å². The number of benzene rings is 4. The SMILES string of the molecule is CCOc1ccc(NS(=O)(=O)c2cc(NC(=O)C=Cc3ccc(OS(=O)(=O)c4ccc(C)cc4)c(OC)c3)ccc2OC)cc1. The molecule has 0 heterocycles. The Morgan fingerprint density at radius 3 is 2.07 bits per heavy atom. The Morgan fingerprint density at radius 1 is 0.778 bits per heavy atom. The fraction of sp³-hybridized carbons (Fsp3) is 0.156. The standard InChI is InChI=1S/C32H32N2O9S2/c1-5-42-26-13-10-24(11-14-26)34-44(36,37)31-21-25(12-18-29(31)40-3)33-32(35)19-9-23-8-17-28(30(20-23)41-4)43-45(38,39)27-15-6-22(2)7-16-27/h6-21,34H,5H2,1-4H3,(H,33,35). The molecular formula is C32H32N2O9S2. The van der Waals surface area contributed by atoms with Gasteiger partial charge in [0.2, 0.25) is 5.91 Å². The first-order valence-corrected chi connectivity index (χ1v) is 16.4. The minimum absolute atomic E-state index is 0.00256. The van der Waals surface area contributed by atoms with E-state index in [-0.39, 0.29) is 32.7 Å². The highest BCUT2D eigenvalue weighted by atomic mass is 32.2. The summed E-state index contributed by atoms with van der Waals surface area (Å²) in [4.78, 5) is 12.5. The van der Waals surface area contributed by atoms with Crippen molar-refractivity contribution in [3.05, 3.63) is 102 Å². The largest absolute Gasteiger partial charge is 0.495 e. The first-order valence-electron chi connectivity index (χ1n) is 13.6. The summed E-state index contributed by atoms with van der Waals surface area (Å²) in [5.41, 5.74) is 1.94. The predicted octanol–water partition coefficient (Wildman–Crippen LogP) is 5.63. The van der Waals surface area contributed by atoms with Crippen molar-refractivity contribution in [2.75, 3.05) is 30.9 Å². The Morgan fingerprint density at radius 2 is 1.42 bits per heavy atom. The highest BCUT2D eigenvalue weighted by Crippen LogP contribution is 2.32. The molecule has 0 bridgehead atoms. The van der Waals surface area contributed by atoms with Crippen molar-refractivity contribution in [1.29, 1.82) is 0 Å². The van der Waals surface area contributed by atoms with E-state index in [1.54, 1.807) is 42.5 Å². The number of sulfonamides is 1. The number of ether oxygens (including phenoxy) is 3. The molecule has 0 aliphatic rings. The predicted molar refractivity (Wildman–Crippen MR) is 171 cm³/mol. The topological polar surface area (TPSA) is 146 Å². The quantitative estimate of drug-likeness (QED) is 0.139. The van der Waals surface area contributed by atoms with E-state index >= 15 is 0 Å². The zero-order valence-electron chi connectivity index (χ0n) is 24.9. The van der Waals surface area contributed by atoms with Gasteiger partial charge in [-0.15, -0.1) is 0 Å². The molecule has 45 heavy (non-hydrogen) atoms. The van der Waals surface area contributed by atoms with Crippen LogP contribution in [0.5, 0.6) is 23.0 Å². The molecule has 0 atom stereocenters. The van der Waals surface area contributed by atoms with E-state index in [1.165, 1.54) is 68.8 Å². The van der Waals surface area contributed by atoms with Crippen LogP contribution in [0.1, 0.15) is 18.1 Å². The molecule has 0 unspecified atom stereocenters. The minimum atomic E-state index is -4.10. The van der Waals surface area contributed by atoms with Crippen LogP contribution in [0, 0.1) is 6.92 Å². The minimum Gasteiger partial charge on any atom is -0.495 e. The van der Waals surface area contributed by atoms with Crippen LogP contribution in [0.4, 0.5) is 11.4 Å². The number of nitrogens with one attached hydrogen (secondary N) is 2. The van der Waals surface area contributed by atoms with Crippen molar-refractivity contribution in [3.63, 3.8) is 0 Å². The van der Waals surface area contributed by atoms with Gasteiger partial charge in [0.15, 0.2) is 11.5 Å². The van der Waals surface area contributed by atoms with Crippen LogP contribution in [0.2, 0.25) is 0 Å². The highest BCUT2D eigenvalue weighted by molar-refractivity contribution is 7.92. The molecule has 4 aromatic carbocycles. The summed E-state index contributed by atoms with van der Waals surface area (Å²) < 4.78 is 75.6. The van der Waals surface area contributed by atoms with Gasteiger partial charge in [-0.1, -0.05) is 23.8 Å². The number of hydrogen-bond acceptors (Lipinski definition) is 9. The number of hydrogen-bond donors (Lipinski definition) is 2. The molecule has 13 heteroatoms. The molecule has 236 valence electrons. The normalized spacial score (nSPS) is 11.6. The maximum atomic E-state index is 13.2. The first kappa shape index (κ1) is 32.9. The van der Waals surface area contributed by atoms with Gasteiger partial charge in [-0.2, -0.15) is 8.42 Å². The van der Waals surface area contributed by atoms with Crippen molar-refractivity contribution in [2.24, 2.45) is 0 Å². The molecule has 0 aromatic heterocycles. The Labute approximate surface area is 262 Å². The maximum absolute atomic E-state index is 13.2. The molecule has 0 saturated carbocycles. The summed E-state index contributed by atoms with van der Waals surface area (Å²) >= 11 is 0. The average Bonchev–Trinajstić information content (AvgIpc) is 3.01. The fourth-order valence-electron chi connectivity index (χ4n) is 4.04. The third-order valence-corrected chi connectivity index (χ3v) is 8.91. The lowest BCUT2D eigenvalue weighted by Gasteiger charge is -2.14. The van der Waals surface area contributed by atoms with Crippen LogP contribution in [0.25, 0.3) is 6.08 Å². The monoisotopic (exact) mass is 652 g/mol. The third-order valence-electron chi connectivity index (χ3n) is 6.26. The van der Waals surface area contributed by atoms with Gasteiger partial charge in [-0.25, -0.2) is 8.42 Å². The van der Waals surface area contributed by atoms with Crippen molar-refractivity contribution < 1.29 is 40.0 Å². The van der Waals surface area contributed by atoms with E-state index in [9.17, 15) is 21.6 Å². The Balaban J connectivity index is 1.47. The molecule has 1 amide bonds. The Hall–Kier alpha value is -5.01. The van der Waals surface area contributed by atoms with Gasteiger partial charge in [0.25, 0.3) is 10.0 Å². The number of carbonyl (C=O) groups excluding carboxylic acids is 1. The van der Waals surface area contributed by atoms with Crippen LogP contribution in [0.15, 0.2) is 101 Å². The van der Waals surface area contributed by atoms with Crippen LogP contribution in [0.3, 0.4) is 0 Å². The number of anilines is 2. The number of rotatable bonds is 13. The molecule has 0 aliphatic heterocycles. The lowest BCUT2D eigenvalue weighted by atomic mass is 10.2. The van der Waals surface area contributed by atoms with Gasteiger partial charge >= 0.3 is 10.1 Å². The second-order valence-electron chi connectivity index (χ2n) is 9.51. The second-order valence-corrected chi connectivity index (χ2v) is 12.7. The summed E-state index contributed by atoms with van der Waals surface area (Å²) in [5, 5.41) is 2.63. The van der Waals surface area contributed by atoms with Crippen molar-refractivity contribution in [3.8, 4) is 23.0 Å². The van der Waals surface area contributed by atoms with Gasteiger partial charge in [0, 0.05) is 17.5 Å². The smallest absolute Gasteiger partial charge is 0.339 e. The molecule has 0 spiro atoms. The summed E-state index contributed by atoms with van der Waals surface area (Å²) in [6.45, 7) is 4.17. The van der Waals surface area contributed by atoms with Gasteiger partial charge in [0.05, 0.1) is 20.8 Å². The fourth-order valence-corrected chi connectivity index (χ4v) is 6.24.